The molecule has 0 heterocycles. The quantitative estimate of drug-likeness (QED) is 0.378. The van der Waals surface area contributed by atoms with E-state index < -0.39 is 0 Å². The van der Waals surface area contributed by atoms with E-state index in [2.05, 4.69) is 15.6 Å². The number of carbonyl (C=O) groups excluding carboxylic acids is 1. The van der Waals surface area contributed by atoms with Crippen LogP contribution < -0.4 is 21.1 Å². The van der Waals surface area contributed by atoms with Crippen LogP contribution in [0.4, 0.5) is 10.1 Å². The number of nitrogens with one attached hydrogen (secondary N) is 2. The van der Waals surface area contributed by atoms with Crippen molar-refractivity contribution in [2.75, 3.05) is 18.4 Å². The summed E-state index contributed by atoms with van der Waals surface area (Å²) in [6.45, 7) is 4.61. The highest BCUT2D eigenvalue weighted by atomic mass is 19.1. The first kappa shape index (κ1) is 20.2. The number of rotatable bonds is 8. The molecule has 2 aromatic rings. The summed E-state index contributed by atoms with van der Waals surface area (Å²) >= 11 is 0. The molecule has 0 saturated carbocycles. The molecule has 2 rings (SSSR count). The van der Waals surface area contributed by atoms with Crippen molar-refractivity contribution in [3.05, 3.63) is 59.9 Å². The third-order valence-electron chi connectivity index (χ3n) is 3.47. The predicted molar refractivity (Wildman–Crippen MR) is 105 cm³/mol. The highest BCUT2D eigenvalue weighted by Crippen LogP contribution is 2.16. The van der Waals surface area contributed by atoms with E-state index in [9.17, 15) is 9.18 Å². The first-order chi connectivity index (χ1) is 12.9. The average Bonchev–Trinajstić information content (AvgIpc) is 2.60. The lowest BCUT2D eigenvalue weighted by atomic mass is 10.1. The monoisotopic (exact) mass is 372 g/mol. The Kier molecular flexibility index (Phi) is 7.61. The third-order valence-corrected chi connectivity index (χ3v) is 3.47. The molecule has 27 heavy (non-hydrogen) atoms. The fourth-order valence-electron chi connectivity index (χ4n) is 2.34. The number of halogens is 1. The van der Waals surface area contributed by atoms with Crippen molar-refractivity contribution in [2.24, 2.45) is 10.7 Å². The Bertz CT molecular complexity index is 776. The molecule has 0 aromatic heterocycles. The van der Waals surface area contributed by atoms with Gasteiger partial charge in [0.2, 0.25) is 5.91 Å². The predicted octanol–water partition coefficient (Wildman–Crippen LogP) is 2.70. The van der Waals surface area contributed by atoms with Gasteiger partial charge < -0.3 is 21.1 Å². The Hall–Kier alpha value is -3.09. The Morgan fingerprint density at radius 3 is 2.63 bits per heavy atom. The molecule has 2 aromatic carbocycles. The van der Waals surface area contributed by atoms with Gasteiger partial charge in [-0.2, -0.15) is 0 Å². The van der Waals surface area contributed by atoms with Gasteiger partial charge in [0.05, 0.1) is 19.1 Å². The maximum atomic E-state index is 13.1. The van der Waals surface area contributed by atoms with Crippen molar-refractivity contribution in [2.45, 2.75) is 26.4 Å². The number of nitrogens with two attached hydrogens (primary N) is 1. The summed E-state index contributed by atoms with van der Waals surface area (Å²) in [5, 5.41) is 5.70. The molecule has 0 aliphatic rings. The van der Waals surface area contributed by atoms with E-state index in [1.165, 1.54) is 12.1 Å². The van der Waals surface area contributed by atoms with Gasteiger partial charge in [0.25, 0.3) is 0 Å². The van der Waals surface area contributed by atoms with Crippen LogP contribution in [0.3, 0.4) is 0 Å². The normalized spacial score (nSPS) is 11.3. The van der Waals surface area contributed by atoms with Gasteiger partial charge in [0.15, 0.2) is 5.96 Å². The first-order valence-corrected chi connectivity index (χ1v) is 8.77. The molecule has 1 amide bonds. The molecule has 7 heteroatoms. The Balaban J connectivity index is 1.71. The molecule has 0 radical (unpaired) electrons. The van der Waals surface area contributed by atoms with Gasteiger partial charge in [-0.15, -0.1) is 0 Å². The van der Waals surface area contributed by atoms with Gasteiger partial charge in [-0.25, -0.2) is 4.39 Å². The van der Waals surface area contributed by atoms with E-state index in [0.29, 0.717) is 18.7 Å². The minimum atomic E-state index is -0.354. The van der Waals surface area contributed by atoms with Gasteiger partial charge in [-0.1, -0.05) is 12.1 Å². The zero-order chi connectivity index (χ0) is 19.6. The molecule has 0 saturated heterocycles. The van der Waals surface area contributed by atoms with Crippen LogP contribution in [0.25, 0.3) is 0 Å². The van der Waals surface area contributed by atoms with E-state index in [0.717, 1.165) is 11.4 Å². The molecule has 0 aliphatic carbocycles. The minimum Gasteiger partial charge on any atom is -0.491 e. The number of benzene rings is 2. The summed E-state index contributed by atoms with van der Waals surface area (Å²) in [5.74, 6) is 0.495. The number of aliphatic imine (C=N–C) groups is 1. The van der Waals surface area contributed by atoms with Crippen molar-refractivity contribution in [1.29, 1.82) is 0 Å². The van der Waals surface area contributed by atoms with Crippen LogP contribution in [0, 0.1) is 5.82 Å². The zero-order valence-corrected chi connectivity index (χ0v) is 15.5. The Labute approximate surface area is 158 Å². The summed E-state index contributed by atoms with van der Waals surface area (Å²) in [7, 11) is 0. The fourth-order valence-corrected chi connectivity index (χ4v) is 2.34. The number of amides is 1. The van der Waals surface area contributed by atoms with Crippen LogP contribution in [0.2, 0.25) is 0 Å². The van der Waals surface area contributed by atoms with E-state index in [4.69, 9.17) is 10.5 Å². The van der Waals surface area contributed by atoms with E-state index in [1.54, 1.807) is 12.1 Å². The van der Waals surface area contributed by atoms with Gasteiger partial charge in [-0.05, 0) is 55.8 Å². The standard InChI is InChI=1S/C20H25FN4O2/c1-14(2)27-18-8-6-17(7-9-18)25-20(22)24-11-10-23-19(26)13-15-4-3-5-16(21)12-15/h3-9,12,14H,10-11,13H2,1-2H3,(H,23,26)(H3,22,24,25). The van der Waals surface area contributed by atoms with Gasteiger partial charge in [0, 0.05) is 12.2 Å². The molecular formula is C20H25FN4O2. The lowest BCUT2D eigenvalue weighted by Gasteiger charge is -2.11. The number of hydrogen-bond donors (Lipinski definition) is 3. The molecule has 0 atom stereocenters. The molecule has 6 nitrogen and oxygen atoms in total. The van der Waals surface area contributed by atoms with Gasteiger partial charge >= 0.3 is 0 Å². The van der Waals surface area contributed by atoms with Gasteiger partial charge in [-0.3, -0.25) is 9.79 Å². The average molecular weight is 372 g/mol. The maximum Gasteiger partial charge on any atom is 0.224 e. The first-order valence-electron chi connectivity index (χ1n) is 8.77. The van der Waals surface area contributed by atoms with Crippen LogP contribution >= 0.6 is 0 Å². The molecule has 0 fully saturated rings. The number of nitrogens with zero attached hydrogens (tertiary/aromatic N) is 1. The summed E-state index contributed by atoms with van der Waals surface area (Å²) in [6.07, 6.45) is 0.242. The SMILES string of the molecule is CC(C)Oc1ccc(NC(N)=NCCNC(=O)Cc2cccc(F)c2)cc1. The molecule has 0 aliphatic heterocycles. The number of carbonyl (C=O) groups is 1. The highest BCUT2D eigenvalue weighted by Gasteiger charge is 2.04. The lowest BCUT2D eigenvalue weighted by Crippen LogP contribution is -2.29. The Morgan fingerprint density at radius 1 is 1.22 bits per heavy atom. The second-order valence-electron chi connectivity index (χ2n) is 6.24. The minimum absolute atomic E-state index is 0.117. The van der Waals surface area contributed by atoms with Crippen molar-refractivity contribution in [3.63, 3.8) is 0 Å². The maximum absolute atomic E-state index is 13.1. The van der Waals surface area contributed by atoms with E-state index in [-0.39, 0.29) is 30.2 Å². The third kappa shape index (κ3) is 7.77. The van der Waals surface area contributed by atoms with Crippen molar-refractivity contribution >= 4 is 17.6 Å². The van der Waals surface area contributed by atoms with Crippen LogP contribution in [0.5, 0.6) is 5.75 Å². The zero-order valence-electron chi connectivity index (χ0n) is 15.5. The van der Waals surface area contributed by atoms with Crippen molar-refractivity contribution in [1.82, 2.24) is 5.32 Å². The summed E-state index contributed by atoms with van der Waals surface area (Å²) in [4.78, 5) is 16.0. The lowest BCUT2D eigenvalue weighted by molar-refractivity contribution is -0.120. The summed E-state index contributed by atoms with van der Waals surface area (Å²) in [5.41, 5.74) is 7.26. The molecule has 0 bridgehead atoms. The van der Waals surface area contributed by atoms with Crippen LogP contribution in [0.15, 0.2) is 53.5 Å². The summed E-state index contributed by atoms with van der Waals surface area (Å²) < 4.78 is 18.7. The Morgan fingerprint density at radius 2 is 1.96 bits per heavy atom. The fraction of sp³-hybridized carbons (Fsp3) is 0.300. The second kappa shape index (κ2) is 10.2. The molecular weight excluding hydrogens is 347 g/mol. The smallest absolute Gasteiger partial charge is 0.224 e. The molecule has 144 valence electrons. The second-order valence-corrected chi connectivity index (χ2v) is 6.24. The topological polar surface area (TPSA) is 88.7 Å². The highest BCUT2D eigenvalue weighted by molar-refractivity contribution is 5.92. The largest absolute Gasteiger partial charge is 0.491 e. The number of hydrogen-bond acceptors (Lipinski definition) is 3. The molecule has 0 spiro atoms. The number of anilines is 1. The van der Waals surface area contributed by atoms with E-state index >= 15 is 0 Å². The van der Waals surface area contributed by atoms with Crippen molar-refractivity contribution in [3.8, 4) is 5.75 Å². The van der Waals surface area contributed by atoms with Crippen LogP contribution in [-0.4, -0.2) is 31.1 Å². The van der Waals surface area contributed by atoms with Crippen LogP contribution in [0.1, 0.15) is 19.4 Å². The molecule has 4 N–H and O–H groups in total. The van der Waals surface area contributed by atoms with Crippen LogP contribution in [-0.2, 0) is 11.2 Å². The van der Waals surface area contributed by atoms with Crippen molar-refractivity contribution < 1.29 is 13.9 Å². The summed E-state index contributed by atoms with van der Waals surface area (Å²) in [6, 6.07) is 13.4. The molecule has 0 unspecified atom stereocenters. The number of guanidine groups is 1. The van der Waals surface area contributed by atoms with E-state index in [1.807, 2.05) is 38.1 Å². The number of ether oxygens (including phenoxy) is 1. The van der Waals surface area contributed by atoms with Gasteiger partial charge in [0.1, 0.15) is 11.6 Å².